The van der Waals surface area contributed by atoms with Gasteiger partial charge in [0.05, 0.1) is 19.3 Å². The molecule has 2 aromatic rings. The third kappa shape index (κ3) is 3.31. The second kappa shape index (κ2) is 6.10. The maximum atomic E-state index is 13.9. The Kier molecular flexibility index (Phi) is 4.43. The molecule has 2 aromatic carbocycles. The minimum Gasteiger partial charge on any atom is -0.497 e. The van der Waals surface area contributed by atoms with Crippen LogP contribution < -0.4 is 10.1 Å². The summed E-state index contributed by atoms with van der Waals surface area (Å²) in [5, 5.41) is 12.7. The molecule has 2 N–H and O–H groups in total. The number of hydrogen-bond donors (Lipinski definition) is 2. The molecule has 0 aromatic heterocycles. The summed E-state index contributed by atoms with van der Waals surface area (Å²) in [7, 11) is 1.56. The van der Waals surface area contributed by atoms with Gasteiger partial charge in [0.1, 0.15) is 17.4 Å². The topological polar surface area (TPSA) is 41.5 Å². The molecule has 1 atom stereocenters. The van der Waals surface area contributed by atoms with Crippen molar-refractivity contribution >= 4 is 5.69 Å². The first-order valence-electron chi connectivity index (χ1n) is 6.47. The minimum atomic E-state index is -1.14. The average molecular weight is 293 g/mol. The minimum absolute atomic E-state index is 0.0702. The Balaban J connectivity index is 2.33. The van der Waals surface area contributed by atoms with Gasteiger partial charge in [-0.15, -0.1) is 0 Å². The summed E-state index contributed by atoms with van der Waals surface area (Å²) in [6.45, 7) is 1.22. The van der Waals surface area contributed by atoms with Gasteiger partial charge in [-0.05, 0) is 49.4 Å². The van der Waals surface area contributed by atoms with E-state index in [2.05, 4.69) is 5.32 Å². The highest BCUT2D eigenvalue weighted by Gasteiger charge is 2.29. The number of nitrogens with one attached hydrogen (secondary N) is 1. The molecule has 3 nitrogen and oxygen atoms in total. The number of rotatable bonds is 5. The lowest BCUT2D eigenvalue weighted by atomic mass is 9.91. The smallest absolute Gasteiger partial charge is 0.129 e. The second-order valence-corrected chi connectivity index (χ2v) is 4.97. The molecule has 0 radical (unpaired) electrons. The van der Waals surface area contributed by atoms with E-state index in [-0.39, 0.29) is 12.2 Å². The molecule has 0 aliphatic carbocycles. The van der Waals surface area contributed by atoms with Crippen LogP contribution in [0.15, 0.2) is 42.5 Å². The molecular formula is C16H17F2NO2. The lowest BCUT2D eigenvalue weighted by Gasteiger charge is -2.31. The number of methoxy groups -OCH3 is 1. The molecule has 0 saturated heterocycles. The molecule has 0 spiro atoms. The molecular weight excluding hydrogens is 276 g/mol. The molecule has 112 valence electrons. The Morgan fingerprint density at radius 1 is 1.14 bits per heavy atom. The number of ether oxygens (including phenoxy) is 1. The highest BCUT2D eigenvalue weighted by atomic mass is 19.1. The van der Waals surface area contributed by atoms with Crippen LogP contribution in [0.4, 0.5) is 14.5 Å². The fourth-order valence-corrected chi connectivity index (χ4v) is 2.11. The highest BCUT2D eigenvalue weighted by molar-refractivity contribution is 5.50. The van der Waals surface area contributed by atoms with Crippen molar-refractivity contribution in [1.82, 2.24) is 0 Å². The Labute approximate surface area is 122 Å². The van der Waals surface area contributed by atoms with E-state index >= 15 is 0 Å². The fraction of sp³-hybridized carbons (Fsp3) is 0.250. The van der Waals surface area contributed by atoms with Crippen LogP contribution in [0.1, 0.15) is 12.5 Å². The lowest BCUT2D eigenvalue weighted by Crippen LogP contribution is -2.37. The van der Waals surface area contributed by atoms with Gasteiger partial charge in [0.15, 0.2) is 0 Å². The van der Waals surface area contributed by atoms with Crippen LogP contribution in [0.3, 0.4) is 0 Å². The summed E-state index contributed by atoms with van der Waals surface area (Å²) in [5.41, 5.74) is -0.405. The van der Waals surface area contributed by atoms with Crippen LogP contribution in [-0.4, -0.2) is 18.8 Å². The number of benzene rings is 2. The van der Waals surface area contributed by atoms with E-state index in [0.717, 1.165) is 18.2 Å². The molecule has 0 amide bonds. The van der Waals surface area contributed by atoms with Crippen LogP contribution in [-0.2, 0) is 5.54 Å². The molecule has 0 heterocycles. The Morgan fingerprint density at radius 2 is 1.81 bits per heavy atom. The van der Waals surface area contributed by atoms with Crippen molar-refractivity contribution in [2.24, 2.45) is 0 Å². The number of halogens is 2. The van der Waals surface area contributed by atoms with Gasteiger partial charge < -0.3 is 15.2 Å². The fourth-order valence-electron chi connectivity index (χ4n) is 2.11. The summed E-state index contributed by atoms with van der Waals surface area (Å²) in [6.07, 6.45) is 0. The van der Waals surface area contributed by atoms with E-state index in [1.807, 2.05) is 0 Å². The molecule has 1 unspecified atom stereocenters. The van der Waals surface area contributed by atoms with Crippen molar-refractivity contribution in [2.75, 3.05) is 19.0 Å². The second-order valence-electron chi connectivity index (χ2n) is 4.97. The maximum absolute atomic E-state index is 13.9. The number of aliphatic hydroxyl groups is 1. The van der Waals surface area contributed by atoms with E-state index in [1.54, 1.807) is 38.3 Å². The molecule has 0 bridgehead atoms. The summed E-state index contributed by atoms with van der Waals surface area (Å²) < 4.78 is 32.4. The van der Waals surface area contributed by atoms with Gasteiger partial charge >= 0.3 is 0 Å². The Morgan fingerprint density at radius 3 is 2.38 bits per heavy atom. The normalized spacial score (nSPS) is 13.6. The van der Waals surface area contributed by atoms with Crippen LogP contribution >= 0.6 is 0 Å². The van der Waals surface area contributed by atoms with Crippen molar-refractivity contribution in [3.8, 4) is 5.75 Å². The van der Waals surface area contributed by atoms with Crippen LogP contribution in [0.5, 0.6) is 5.75 Å². The van der Waals surface area contributed by atoms with Gasteiger partial charge in [-0.1, -0.05) is 0 Å². The van der Waals surface area contributed by atoms with E-state index in [4.69, 9.17) is 4.74 Å². The Hall–Kier alpha value is -2.14. The lowest BCUT2D eigenvalue weighted by molar-refractivity contribution is 0.220. The van der Waals surface area contributed by atoms with Crippen molar-refractivity contribution in [3.63, 3.8) is 0 Å². The zero-order chi connectivity index (χ0) is 15.5. The molecule has 0 fully saturated rings. The van der Waals surface area contributed by atoms with Crippen LogP contribution in [0, 0.1) is 11.6 Å². The monoisotopic (exact) mass is 293 g/mol. The van der Waals surface area contributed by atoms with Gasteiger partial charge in [0.2, 0.25) is 0 Å². The molecule has 2 rings (SSSR count). The SMILES string of the molecule is COc1ccc(NC(C)(CO)c2cc(F)ccc2F)cc1. The number of aliphatic hydroxyl groups excluding tert-OH is 1. The highest BCUT2D eigenvalue weighted by Crippen LogP contribution is 2.29. The van der Waals surface area contributed by atoms with E-state index in [9.17, 15) is 13.9 Å². The zero-order valence-corrected chi connectivity index (χ0v) is 11.9. The average Bonchev–Trinajstić information content (AvgIpc) is 2.50. The quantitative estimate of drug-likeness (QED) is 0.889. The van der Waals surface area contributed by atoms with E-state index < -0.39 is 17.2 Å². The predicted octanol–water partition coefficient (Wildman–Crippen LogP) is 3.29. The van der Waals surface area contributed by atoms with E-state index in [1.165, 1.54) is 0 Å². The van der Waals surface area contributed by atoms with Crippen molar-refractivity contribution in [2.45, 2.75) is 12.5 Å². The van der Waals surface area contributed by atoms with Crippen molar-refractivity contribution < 1.29 is 18.6 Å². The summed E-state index contributed by atoms with van der Waals surface area (Å²) in [4.78, 5) is 0. The van der Waals surface area contributed by atoms with Gasteiger partial charge in [0, 0.05) is 11.3 Å². The van der Waals surface area contributed by atoms with Crippen molar-refractivity contribution in [3.05, 3.63) is 59.7 Å². The molecule has 5 heteroatoms. The van der Waals surface area contributed by atoms with Gasteiger partial charge in [-0.3, -0.25) is 0 Å². The largest absolute Gasteiger partial charge is 0.497 e. The standard InChI is InChI=1S/C16H17F2NO2/c1-16(10-20,14-9-11(17)3-8-15(14)18)19-12-4-6-13(21-2)7-5-12/h3-9,19-20H,10H2,1-2H3. The van der Waals surface area contributed by atoms with Crippen LogP contribution in [0.25, 0.3) is 0 Å². The third-order valence-corrected chi connectivity index (χ3v) is 3.35. The van der Waals surface area contributed by atoms with Gasteiger partial charge in [-0.25, -0.2) is 8.78 Å². The molecule has 0 saturated carbocycles. The summed E-state index contributed by atoms with van der Waals surface area (Å²) >= 11 is 0. The third-order valence-electron chi connectivity index (χ3n) is 3.35. The summed E-state index contributed by atoms with van der Waals surface area (Å²) in [5.74, 6) is -0.445. The maximum Gasteiger partial charge on any atom is 0.129 e. The van der Waals surface area contributed by atoms with Crippen LogP contribution in [0.2, 0.25) is 0 Å². The molecule has 0 aliphatic rings. The Bertz CT molecular complexity index is 616. The van der Waals surface area contributed by atoms with E-state index in [0.29, 0.717) is 11.4 Å². The molecule has 0 aliphatic heterocycles. The first-order valence-corrected chi connectivity index (χ1v) is 6.47. The van der Waals surface area contributed by atoms with Crippen molar-refractivity contribution in [1.29, 1.82) is 0 Å². The van der Waals surface area contributed by atoms with Gasteiger partial charge in [-0.2, -0.15) is 0 Å². The first-order chi connectivity index (χ1) is 9.98. The first kappa shape index (κ1) is 15.3. The number of anilines is 1. The van der Waals surface area contributed by atoms with Gasteiger partial charge in [0.25, 0.3) is 0 Å². The summed E-state index contributed by atoms with van der Waals surface area (Å²) in [6, 6.07) is 10.1. The zero-order valence-electron chi connectivity index (χ0n) is 11.9. The molecule has 21 heavy (non-hydrogen) atoms. The predicted molar refractivity (Wildman–Crippen MR) is 77.4 cm³/mol. The number of hydrogen-bond acceptors (Lipinski definition) is 3.